The summed E-state index contributed by atoms with van der Waals surface area (Å²) in [6.45, 7) is 3.55. The third kappa shape index (κ3) is 4.31. The number of pyridine rings is 1. The lowest BCUT2D eigenvalue weighted by atomic mass is 10.1. The highest BCUT2D eigenvalue weighted by molar-refractivity contribution is 7.14. The van der Waals surface area contributed by atoms with Gasteiger partial charge in [-0.05, 0) is 38.1 Å². The number of rotatable bonds is 5. The quantitative estimate of drug-likeness (QED) is 0.726. The van der Waals surface area contributed by atoms with Crippen molar-refractivity contribution in [2.24, 2.45) is 0 Å². The highest BCUT2D eigenvalue weighted by Crippen LogP contribution is 2.23. The van der Waals surface area contributed by atoms with Crippen molar-refractivity contribution in [3.63, 3.8) is 0 Å². The Kier molecular flexibility index (Phi) is 5.38. The molecule has 2 amide bonds. The second-order valence-corrected chi connectivity index (χ2v) is 6.66. The molecular formula is C19H18N4O2S. The molecule has 0 radical (unpaired) electrons. The first-order valence-electron chi connectivity index (χ1n) is 8.08. The van der Waals surface area contributed by atoms with Crippen molar-refractivity contribution in [1.82, 2.24) is 15.3 Å². The van der Waals surface area contributed by atoms with E-state index in [0.29, 0.717) is 16.4 Å². The predicted octanol–water partition coefficient (Wildman–Crippen LogP) is 3.27. The molecule has 0 aliphatic carbocycles. The lowest BCUT2D eigenvalue weighted by molar-refractivity contribution is -0.117. The number of hydrogen-bond donors (Lipinski definition) is 2. The lowest BCUT2D eigenvalue weighted by Gasteiger charge is -2.13. The van der Waals surface area contributed by atoms with Gasteiger partial charge in [0.25, 0.3) is 5.91 Å². The molecule has 0 aliphatic rings. The summed E-state index contributed by atoms with van der Waals surface area (Å²) in [7, 11) is 0. The summed E-state index contributed by atoms with van der Waals surface area (Å²) < 4.78 is 0. The highest BCUT2D eigenvalue weighted by Gasteiger charge is 2.18. The van der Waals surface area contributed by atoms with E-state index in [0.717, 1.165) is 11.3 Å². The van der Waals surface area contributed by atoms with E-state index >= 15 is 0 Å². The molecule has 0 saturated heterocycles. The van der Waals surface area contributed by atoms with E-state index in [1.807, 2.05) is 42.6 Å². The number of thiazole rings is 1. The van der Waals surface area contributed by atoms with Gasteiger partial charge in [-0.1, -0.05) is 23.8 Å². The van der Waals surface area contributed by atoms with Gasteiger partial charge in [0.1, 0.15) is 11.7 Å². The van der Waals surface area contributed by atoms with Crippen LogP contribution in [0.2, 0.25) is 0 Å². The van der Waals surface area contributed by atoms with Crippen LogP contribution in [0.5, 0.6) is 0 Å². The van der Waals surface area contributed by atoms with Crippen molar-refractivity contribution in [3.8, 4) is 11.4 Å². The summed E-state index contributed by atoms with van der Waals surface area (Å²) in [5.41, 5.74) is 2.95. The minimum atomic E-state index is -0.690. The van der Waals surface area contributed by atoms with Crippen LogP contribution in [0.4, 0.5) is 5.13 Å². The standard InChI is InChI=1S/C19H18N4O2S/c1-12-6-5-7-14(10-12)18(25)21-13(2)17(24)23-19-22-16(11-26-19)15-8-3-4-9-20-15/h3-11,13H,1-2H3,(H,21,25)(H,22,23,24)/t13-/m0/s1. The zero-order valence-corrected chi connectivity index (χ0v) is 15.2. The molecule has 1 atom stereocenters. The number of benzene rings is 1. The van der Waals surface area contributed by atoms with Gasteiger partial charge in [-0.25, -0.2) is 4.98 Å². The van der Waals surface area contributed by atoms with Gasteiger partial charge < -0.3 is 10.6 Å². The van der Waals surface area contributed by atoms with Crippen LogP contribution in [0.3, 0.4) is 0 Å². The van der Waals surface area contributed by atoms with Crippen LogP contribution < -0.4 is 10.6 Å². The van der Waals surface area contributed by atoms with E-state index < -0.39 is 6.04 Å². The molecule has 7 heteroatoms. The second kappa shape index (κ2) is 7.88. The van der Waals surface area contributed by atoms with Gasteiger partial charge in [-0.15, -0.1) is 11.3 Å². The van der Waals surface area contributed by atoms with Crippen molar-refractivity contribution in [1.29, 1.82) is 0 Å². The molecule has 6 nitrogen and oxygen atoms in total. The Labute approximate surface area is 155 Å². The largest absolute Gasteiger partial charge is 0.341 e. The van der Waals surface area contributed by atoms with Gasteiger partial charge in [0.2, 0.25) is 5.91 Å². The fraction of sp³-hybridized carbons (Fsp3) is 0.158. The van der Waals surface area contributed by atoms with Gasteiger partial charge in [-0.3, -0.25) is 14.6 Å². The van der Waals surface area contributed by atoms with Gasteiger partial charge in [0.05, 0.1) is 5.69 Å². The zero-order valence-electron chi connectivity index (χ0n) is 14.4. The number of anilines is 1. The first kappa shape index (κ1) is 17.8. The Morgan fingerprint density at radius 3 is 2.69 bits per heavy atom. The van der Waals surface area contributed by atoms with Crippen LogP contribution in [0.25, 0.3) is 11.4 Å². The summed E-state index contributed by atoms with van der Waals surface area (Å²) in [6.07, 6.45) is 1.69. The number of amides is 2. The van der Waals surface area contributed by atoms with E-state index in [-0.39, 0.29) is 11.8 Å². The van der Waals surface area contributed by atoms with Gasteiger partial charge in [-0.2, -0.15) is 0 Å². The minimum Gasteiger partial charge on any atom is -0.341 e. The number of carbonyl (C=O) groups excluding carboxylic acids is 2. The number of aryl methyl sites for hydroxylation is 1. The van der Waals surface area contributed by atoms with E-state index in [9.17, 15) is 9.59 Å². The molecule has 2 heterocycles. The molecule has 0 saturated carbocycles. The molecule has 0 fully saturated rings. The Balaban J connectivity index is 1.61. The minimum absolute atomic E-state index is 0.287. The van der Waals surface area contributed by atoms with Crippen LogP contribution in [0, 0.1) is 6.92 Å². The van der Waals surface area contributed by atoms with Crippen molar-refractivity contribution in [2.75, 3.05) is 5.32 Å². The topological polar surface area (TPSA) is 84.0 Å². The molecule has 0 bridgehead atoms. The summed E-state index contributed by atoms with van der Waals surface area (Å²) in [6, 6.07) is 12.1. The van der Waals surface area contributed by atoms with Gasteiger partial charge >= 0.3 is 0 Å². The SMILES string of the molecule is Cc1cccc(C(=O)N[C@@H](C)C(=O)Nc2nc(-c3ccccn3)cs2)c1. The average Bonchev–Trinajstić information content (AvgIpc) is 3.11. The number of aromatic nitrogens is 2. The number of hydrogen-bond acceptors (Lipinski definition) is 5. The Morgan fingerprint density at radius 2 is 1.96 bits per heavy atom. The third-order valence-electron chi connectivity index (χ3n) is 3.68. The molecule has 3 aromatic rings. The van der Waals surface area contributed by atoms with E-state index in [1.165, 1.54) is 11.3 Å². The van der Waals surface area contributed by atoms with Crippen LogP contribution in [-0.4, -0.2) is 27.8 Å². The summed E-state index contributed by atoms with van der Waals surface area (Å²) in [5.74, 6) is -0.613. The Bertz CT molecular complexity index is 924. The monoisotopic (exact) mass is 366 g/mol. The molecule has 0 unspecified atom stereocenters. The lowest BCUT2D eigenvalue weighted by Crippen LogP contribution is -2.41. The fourth-order valence-electron chi connectivity index (χ4n) is 2.31. The molecular weight excluding hydrogens is 348 g/mol. The van der Waals surface area contributed by atoms with Crippen molar-refractivity contribution < 1.29 is 9.59 Å². The molecule has 1 aromatic carbocycles. The molecule has 0 aliphatic heterocycles. The summed E-state index contributed by atoms with van der Waals surface area (Å²) in [5, 5.41) is 7.71. The molecule has 0 spiro atoms. The highest BCUT2D eigenvalue weighted by atomic mass is 32.1. The van der Waals surface area contributed by atoms with E-state index in [2.05, 4.69) is 20.6 Å². The first-order chi connectivity index (χ1) is 12.5. The zero-order chi connectivity index (χ0) is 18.5. The fourth-order valence-corrected chi connectivity index (χ4v) is 3.02. The maximum Gasteiger partial charge on any atom is 0.251 e. The Hall–Kier alpha value is -3.06. The van der Waals surface area contributed by atoms with E-state index in [4.69, 9.17) is 0 Å². The normalized spacial score (nSPS) is 11.6. The smallest absolute Gasteiger partial charge is 0.251 e. The first-order valence-corrected chi connectivity index (χ1v) is 8.96. The van der Waals surface area contributed by atoms with Crippen LogP contribution in [0.1, 0.15) is 22.8 Å². The maximum absolute atomic E-state index is 12.3. The number of nitrogens with zero attached hydrogens (tertiary/aromatic N) is 2. The van der Waals surface area contributed by atoms with Crippen molar-refractivity contribution in [2.45, 2.75) is 19.9 Å². The maximum atomic E-state index is 12.3. The summed E-state index contributed by atoms with van der Waals surface area (Å²) in [4.78, 5) is 33.2. The molecule has 3 rings (SSSR count). The third-order valence-corrected chi connectivity index (χ3v) is 4.44. The summed E-state index contributed by atoms with van der Waals surface area (Å²) >= 11 is 1.31. The van der Waals surface area contributed by atoms with Crippen molar-refractivity contribution >= 4 is 28.3 Å². The van der Waals surface area contributed by atoms with E-state index in [1.54, 1.807) is 25.3 Å². The molecule has 2 N–H and O–H groups in total. The molecule has 26 heavy (non-hydrogen) atoms. The van der Waals surface area contributed by atoms with Gasteiger partial charge in [0.15, 0.2) is 5.13 Å². The van der Waals surface area contributed by atoms with Crippen LogP contribution in [0.15, 0.2) is 54.0 Å². The van der Waals surface area contributed by atoms with Crippen LogP contribution >= 0.6 is 11.3 Å². The average molecular weight is 366 g/mol. The van der Waals surface area contributed by atoms with Crippen LogP contribution in [-0.2, 0) is 4.79 Å². The Morgan fingerprint density at radius 1 is 1.12 bits per heavy atom. The number of carbonyl (C=O) groups is 2. The molecule has 132 valence electrons. The number of nitrogens with one attached hydrogen (secondary N) is 2. The van der Waals surface area contributed by atoms with Crippen molar-refractivity contribution in [3.05, 3.63) is 65.2 Å². The second-order valence-electron chi connectivity index (χ2n) is 5.81. The predicted molar refractivity (Wildman–Crippen MR) is 102 cm³/mol. The molecule has 2 aromatic heterocycles. The van der Waals surface area contributed by atoms with Gasteiger partial charge in [0, 0.05) is 17.1 Å².